The van der Waals surface area contributed by atoms with Gasteiger partial charge >= 0.3 is 23.9 Å². The fraction of sp³-hybridized carbons (Fsp3) is 0.333. The number of hydrogen-bond acceptors (Lipinski definition) is 14. The summed E-state index contributed by atoms with van der Waals surface area (Å²) in [5.74, 6) is -7.58. The van der Waals surface area contributed by atoms with Crippen molar-refractivity contribution < 1.29 is 57.3 Å². The first kappa shape index (κ1) is 38.1. The van der Waals surface area contributed by atoms with Gasteiger partial charge in [-0.3, -0.25) is 43.2 Å². The van der Waals surface area contributed by atoms with E-state index in [1.54, 1.807) is 29.2 Å². The van der Waals surface area contributed by atoms with Crippen LogP contribution in [0.2, 0.25) is 0 Å². The lowest BCUT2D eigenvalue weighted by atomic mass is 10.0. The van der Waals surface area contributed by atoms with Crippen LogP contribution >= 0.6 is 0 Å². The first-order chi connectivity index (χ1) is 24.9. The van der Waals surface area contributed by atoms with Crippen LogP contribution in [0.4, 0.5) is 0 Å². The van der Waals surface area contributed by atoms with E-state index in [2.05, 4.69) is 36.1 Å². The van der Waals surface area contributed by atoms with E-state index in [9.17, 15) is 38.4 Å². The molecule has 19 nitrogen and oxygen atoms in total. The molecule has 274 valence electrons. The van der Waals surface area contributed by atoms with E-state index in [0.717, 1.165) is 22.4 Å². The van der Waals surface area contributed by atoms with Crippen LogP contribution in [0.5, 0.6) is 0 Å². The van der Waals surface area contributed by atoms with E-state index < -0.39 is 99.6 Å². The highest BCUT2D eigenvalue weighted by Crippen LogP contribution is 2.18. The average Bonchev–Trinajstić information content (AvgIpc) is 3.60. The lowest BCUT2D eigenvalue weighted by Crippen LogP contribution is -2.46. The highest BCUT2D eigenvalue weighted by molar-refractivity contribution is 5.90. The minimum atomic E-state index is -1.34. The van der Waals surface area contributed by atoms with Crippen molar-refractivity contribution in [1.82, 2.24) is 36.0 Å². The zero-order valence-electron chi connectivity index (χ0n) is 27.9. The third-order valence-corrected chi connectivity index (χ3v) is 7.03. The Hall–Kier alpha value is -6.66. The van der Waals surface area contributed by atoms with E-state index in [1.165, 1.54) is 0 Å². The normalized spacial score (nSPS) is 17.9. The maximum atomic E-state index is 13.0. The molecule has 0 bridgehead atoms. The molecule has 4 rings (SSSR count). The number of carbonyl (C=O) groups is 8. The molecule has 3 heterocycles. The van der Waals surface area contributed by atoms with Crippen molar-refractivity contribution in [2.45, 2.75) is 25.9 Å². The van der Waals surface area contributed by atoms with Gasteiger partial charge in [0, 0.05) is 35.6 Å². The van der Waals surface area contributed by atoms with Crippen molar-refractivity contribution in [3.63, 3.8) is 0 Å². The van der Waals surface area contributed by atoms with Crippen LogP contribution in [-0.2, 0) is 70.3 Å². The quantitative estimate of drug-likeness (QED) is 0.162. The van der Waals surface area contributed by atoms with Crippen molar-refractivity contribution in [1.29, 1.82) is 0 Å². The third kappa shape index (κ3) is 13.0. The Labute approximate surface area is 295 Å². The topological polar surface area (TPSA) is 252 Å². The number of aromatic nitrogens is 3. The number of nitrogens with one attached hydrogen (secondary N) is 4. The fourth-order valence-electron chi connectivity index (χ4n) is 4.36. The molecule has 19 heteroatoms. The maximum absolute atomic E-state index is 13.0. The summed E-state index contributed by atoms with van der Waals surface area (Å²) in [6.07, 6.45) is 5.30. The molecule has 1 saturated heterocycles. The number of nitrogens with zero attached hydrogens (tertiary/aromatic N) is 3. The third-order valence-electron chi connectivity index (χ3n) is 7.03. The van der Waals surface area contributed by atoms with Crippen LogP contribution in [0.1, 0.15) is 16.8 Å². The standard InChI is InChI=1S/C33H35N7O12/c1-20-2-7-23(9-34-20)24-10-38-40(15-24)14-22-5-3-21(4-6-22)8-25-33(48)52-18-28(43)37-12-31(46)50-16-26(41)35-11-30(45)49-17-27(42)36-13-32(47)51-19-29(44)39-25/h2-7,9-10,15,25H,8,11-14,16-19H2,1H3,(H,35,41)(H,36,42)(H,37,43)(H,39,44). The number of rotatable bonds is 5. The van der Waals surface area contributed by atoms with Crippen LogP contribution in [0.3, 0.4) is 0 Å². The molecule has 0 aliphatic carbocycles. The predicted octanol–water partition coefficient (Wildman–Crippen LogP) is -2.14. The smallest absolute Gasteiger partial charge is 0.329 e. The zero-order valence-corrected chi connectivity index (χ0v) is 27.9. The van der Waals surface area contributed by atoms with E-state index >= 15 is 0 Å². The molecule has 1 aliphatic rings. The Morgan fingerprint density at radius 2 is 1.15 bits per heavy atom. The average molecular weight is 722 g/mol. The molecule has 2 aromatic heterocycles. The molecule has 1 fully saturated rings. The van der Waals surface area contributed by atoms with E-state index in [-0.39, 0.29) is 6.42 Å². The molecule has 0 spiro atoms. The Bertz CT molecular complexity index is 1790. The first-order valence-electron chi connectivity index (χ1n) is 15.7. The summed E-state index contributed by atoms with van der Waals surface area (Å²) in [5, 5.41) is 13.2. The number of cyclic esters (lactones) is 4. The van der Waals surface area contributed by atoms with Gasteiger partial charge in [-0.05, 0) is 24.1 Å². The van der Waals surface area contributed by atoms with Gasteiger partial charge in [0.15, 0.2) is 26.4 Å². The molecule has 0 saturated carbocycles. The van der Waals surface area contributed by atoms with Gasteiger partial charge in [0.25, 0.3) is 23.6 Å². The van der Waals surface area contributed by atoms with Gasteiger partial charge in [-0.15, -0.1) is 0 Å². The predicted molar refractivity (Wildman–Crippen MR) is 174 cm³/mol. The van der Waals surface area contributed by atoms with Crippen molar-refractivity contribution in [3.8, 4) is 11.1 Å². The molecule has 52 heavy (non-hydrogen) atoms. The minimum Gasteiger partial charge on any atom is -0.454 e. The maximum Gasteiger partial charge on any atom is 0.329 e. The summed E-state index contributed by atoms with van der Waals surface area (Å²) in [6, 6.07) is 9.61. The number of ether oxygens (including phenoxy) is 4. The number of aryl methyl sites for hydroxylation is 1. The van der Waals surface area contributed by atoms with Gasteiger partial charge < -0.3 is 40.2 Å². The summed E-state index contributed by atoms with van der Waals surface area (Å²) in [4.78, 5) is 102. The molecule has 0 radical (unpaired) electrons. The lowest BCUT2D eigenvalue weighted by Gasteiger charge is -2.18. The SMILES string of the molecule is Cc1ccc(-c2cnn(Cc3ccc(CC4NC(=O)COC(=O)CNC(=O)COC(=O)CNC(=O)COC(=O)CNC(=O)COC4=O)cc3)c2)cn1. The van der Waals surface area contributed by atoms with Crippen LogP contribution < -0.4 is 21.3 Å². The Morgan fingerprint density at radius 3 is 1.69 bits per heavy atom. The second kappa shape index (κ2) is 18.9. The second-order valence-corrected chi connectivity index (χ2v) is 11.2. The summed E-state index contributed by atoms with van der Waals surface area (Å²) in [5.41, 5.74) is 4.21. The second-order valence-electron chi connectivity index (χ2n) is 11.2. The van der Waals surface area contributed by atoms with Gasteiger partial charge in [-0.25, -0.2) is 4.79 Å². The molecular weight excluding hydrogens is 686 g/mol. The summed E-state index contributed by atoms with van der Waals surface area (Å²) in [6.45, 7) is -2.93. The van der Waals surface area contributed by atoms with Crippen LogP contribution in [0.15, 0.2) is 55.0 Å². The van der Waals surface area contributed by atoms with Crippen LogP contribution in [0, 0.1) is 6.92 Å². The summed E-state index contributed by atoms with van der Waals surface area (Å²) >= 11 is 0. The van der Waals surface area contributed by atoms with Gasteiger partial charge in [-0.2, -0.15) is 5.10 Å². The molecule has 1 aromatic carbocycles. The van der Waals surface area contributed by atoms with Crippen molar-refractivity contribution in [2.75, 3.05) is 46.1 Å². The number of benzene rings is 1. The van der Waals surface area contributed by atoms with Gasteiger partial charge in [0.05, 0.1) is 12.7 Å². The Balaban J connectivity index is 1.38. The summed E-state index contributed by atoms with van der Waals surface area (Å²) < 4.78 is 21.0. The highest BCUT2D eigenvalue weighted by atomic mass is 16.6. The van der Waals surface area contributed by atoms with Crippen molar-refractivity contribution >= 4 is 47.5 Å². The minimum absolute atomic E-state index is 0.0874. The molecular formula is C33H35N7O12. The van der Waals surface area contributed by atoms with Gasteiger partial charge in [0.1, 0.15) is 25.7 Å². The largest absolute Gasteiger partial charge is 0.454 e. The molecule has 1 atom stereocenters. The van der Waals surface area contributed by atoms with Gasteiger partial charge in [0.2, 0.25) is 0 Å². The van der Waals surface area contributed by atoms with E-state index in [0.29, 0.717) is 12.1 Å². The van der Waals surface area contributed by atoms with E-state index in [4.69, 9.17) is 14.2 Å². The number of carbonyl (C=O) groups excluding carboxylic acids is 8. The molecule has 1 unspecified atom stereocenters. The van der Waals surface area contributed by atoms with Crippen LogP contribution in [-0.4, -0.2) is 114 Å². The molecule has 4 amide bonds. The number of pyridine rings is 1. The monoisotopic (exact) mass is 721 g/mol. The number of esters is 4. The van der Waals surface area contributed by atoms with Crippen LogP contribution in [0.25, 0.3) is 11.1 Å². The summed E-state index contributed by atoms with van der Waals surface area (Å²) in [7, 11) is 0. The van der Waals surface area contributed by atoms with Crippen molar-refractivity contribution in [3.05, 3.63) is 71.8 Å². The number of amides is 4. The highest BCUT2D eigenvalue weighted by Gasteiger charge is 2.25. The molecule has 3 aromatic rings. The fourth-order valence-corrected chi connectivity index (χ4v) is 4.36. The zero-order chi connectivity index (χ0) is 37.5. The molecule has 4 N–H and O–H groups in total. The van der Waals surface area contributed by atoms with Gasteiger partial charge in [-0.1, -0.05) is 30.3 Å². The first-order valence-corrected chi connectivity index (χ1v) is 15.7. The van der Waals surface area contributed by atoms with Crippen molar-refractivity contribution in [2.24, 2.45) is 0 Å². The molecule has 1 aliphatic heterocycles. The Morgan fingerprint density at radius 1 is 0.635 bits per heavy atom. The number of hydrogen-bond donors (Lipinski definition) is 4. The Kier molecular flexibility index (Phi) is 13.9. The van der Waals surface area contributed by atoms with E-state index in [1.807, 2.05) is 37.4 Å². The lowest BCUT2D eigenvalue weighted by molar-refractivity contribution is -0.154.